The van der Waals surface area contributed by atoms with E-state index in [4.69, 9.17) is 0 Å². The molecule has 1 saturated carbocycles. The minimum Gasteiger partial charge on any atom is -0.353 e. The Morgan fingerprint density at radius 2 is 2.00 bits per heavy atom. The normalized spacial score (nSPS) is 14.3. The van der Waals surface area contributed by atoms with Gasteiger partial charge in [-0.1, -0.05) is 18.2 Å². The number of rotatable bonds is 9. The number of carbonyl (C=O) groups excluding carboxylic acids is 1. The van der Waals surface area contributed by atoms with Crippen LogP contribution in [0.15, 0.2) is 35.2 Å². The molecule has 4 heteroatoms. The maximum atomic E-state index is 11.4. The summed E-state index contributed by atoms with van der Waals surface area (Å²) in [6, 6.07) is 10.9. The summed E-state index contributed by atoms with van der Waals surface area (Å²) in [5.41, 5.74) is 0. The third-order valence-corrected chi connectivity index (χ3v) is 4.00. The molecule has 0 heterocycles. The van der Waals surface area contributed by atoms with Gasteiger partial charge in [-0.3, -0.25) is 4.79 Å². The highest BCUT2D eigenvalue weighted by Crippen LogP contribution is 2.18. The maximum Gasteiger partial charge on any atom is 0.220 e. The highest BCUT2D eigenvalue weighted by Gasteiger charge is 2.22. The Balaban J connectivity index is 1.40. The summed E-state index contributed by atoms with van der Waals surface area (Å²) in [5, 5.41) is 6.39. The first-order valence-electron chi connectivity index (χ1n) is 7.02. The van der Waals surface area contributed by atoms with E-state index in [0.29, 0.717) is 12.5 Å². The SMILES string of the molecule is O=C(CCCNCCSc1ccccc1)NC1CC1. The first-order valence-corrected chi connectivity index (χ1v) is 8.01. The molecule has 1 fully saturated rings. The van der Waals surface area contributed by atoms with E-state index in [0.717, 1.165) is 25.3 Å². The Morgan fingerprint density at radius 3 is 2.74 bits per heavy atom. The Morgan fingerprint density at radius 1 is 1.21 bits per heavy atom. The van der Waals surface area contributed by atoms with Crippen LogP contribution in [0.3, 0.4) is 0 Å². The topological polar surface area (TPSA) is 41.1 Å². The molecule has 0 aliphatic heterocycles. The summed E-state index contributed by atoms with van der Waals surface area (Å²) in [4.78, 5) is 12.7. The molecule has 104 valence electrons. The van der Waals surface area contributed by atoms with Gasteiger partial charge in [0, 0.05) is 29.7 Å². The lowest BCUT2D eigenvalue weighted by atomic mass is 10.3. The summed E-state index contributed by atoms with van der Waals surface area (Å²) in [6.45, 7) is 1.91. The largest absolute Gasteiger partial charge is 0.353 e. The number of thioether (sulfide) groups is 1. The maximum absolute atomic E-state index is 11.4. The molecule has 0 spiro atoms. The average molecular weight is 278 g/mol. The first kappa shape index (κ1) is 14.4. The summed E-state index contributed by atoms with van der Waals surface area (Å²) in [5.74, 6) is 1.28. The second-order valence-electron chi connectivity index (χ2n) is 4.86. The molecule has 3 nitrogen and oxygen atoms in total. The minimum absolute atomic E-state index is 0.211. The van der Waals surface area contributed by atoms with E-state index >= 15 is 0 Å². The van der Waals surface area contributed by atoms with Gasteiger partial charge in [-0.25, -0.2) is 0 Å². The number of carbonyl (C=O) groups is 1. The Labute approximate surface area is 119 Å². The fraction of sp³-hybridized carbons (Fsp3) is 0.533. The van der Waals surface area contributed by atoms with Gasteiger partial charge in [-0.2, -0.15) is 0 Å². The number of amides is 1. The van der Waals surface area contributed by atoms with Gasteiger partial charge in [0.1, 0.15) is 0 Å². The van der Waals surface area contributed by atoms with E-state index in [1.54, 1.807) is 0 Å². The molecule has 0 radical (unpaired) electrons. The Hall–Kier alpha value is -1.00. The van der Waals surface area contributed by atoms with Crippen LogP contribution in [0.2, 0.25) is 0 Å². The molecule has 1 aliphatic rings. The van der Waals surface area contributed by atoms with Crippen molar-refractivity contribution in [3.05, 3.63) is 30.3 Å². The highest BCUT2D eigenvalue weighted by molar-refractivity contribution is 7.99. The number of nitrogens with one attached hydrogen (secondary N) is 2. The van der Waals surface area contributed by atoms with Crippen LogP contribution >= 0.6 is 11.8 Å². The van der Waals surface area contributed by atoms with Crippen LogP contribution in [0.25, 0.3) is 0 Å². The summed E-state index contributed by atoms with van der Waals surface area (Å²) in [6.07, 6.45) is 3.91. The van der Waals surface area contributed by atoms with Crippen LogP contribution in [0.4, 0.5) is 0 Å². The van der Waals surface area contributed by atoms with Crippen LogP contribution in [0, 0.1) is 0 Å². The van der Waals surface area contributed by atoms with Crippen LogP contribution in [0.5, 0.6) is 0 Å². The second-order valence-corrected chi connectivity index (χ2v) is 6.03. The molecule has 1 aliphatic carbocycles. The van der Waals surface area contributed by atoms with Crippen molar-refractivity contribution in [2.24, 2.45) is 0 Å². The minimum atomic E-state index is 0.211. The van der Waals surface area contributed by atoms with Crippen molar-refractivity contribution in [3.8, 4) is 0 Å². The Kier molecular flexibility index (Phi) is 6.24. The number of benzene rings is 1. The lowest BCUT2D eigenvalue weighted by Crippen LogP contribution is -2.26. The van der Waals surface area contributed by atoms with Crippen molar-refractivity contribution in [1.82, 2.24) is 10.6 Å². The van der Waals surface area contributed by atoms with Gasteiger partial charge in [0.15, 0.2) is 0 Å². The monoisotopic (exact) mass is 278 g/mol. The van der Waals surface area contributed by atoms with Gasteiger partial charge in [0.05, 0.1) is 0 Å². The van der Waals surface area contributed by atoms with Crippen LogP contribution < -0.4 is 10.6 Å². The summed E-state index contributed by atoms with van der Waals surface area (Å²) in [7, 11) is 0. The van der Waals surface area contributed by atoms with Gasteiger partial charge in [0.2, 0.25) is 5.91 Å². The van der Waals surface area contributed by atoms with Gasteiger partial charge in [0.25, 0.3) is 0 Å². The van der Waals surface area contributed by atoms with Crippen LogP contribution in [-0.2, 0) is 4.79 Å². The highest BCUT2D eigenvalue weighted by atomic mass is 32.2. The average Bonchev–Trinajstić information content (AvgIpc) is 3.23. The lowest BCUT2D eigenvalue weighted by Gasteiger charge is -2.05. The third kappa shape index (κ3) is 6.64. The van der Waals surface area contributed by atoms with Crippen molar-refractivity contribution < 1.29 is 4.79 Å². The Bertz CT molecular complexity index is 379. The van der Waals surface area contributed by atoms with Crippen molar-refractivity contribution in [1.29, 1.82) is 0 Å². The van der Waals surface area contributed by atoms with Gasteiger partial charge < -0.3 is 10.6 Å². The van der Waals surface area contributed by atoms with E-state index < -0.39 is 0 Å². The zero-order valence-corrected chi connectivity index (χ0v) is 12.0. The smallest absolute Gasteiger partial charge is 0.220 e. The second kappa shape index (κ2) is 8.23. The molecule has 0 aromatic heterocycles. The van der Waals surface area contributed by atoms with Gasteiger partial charge >= 0.3 is 0 Å². The molecular formula is C15H22N2OS. The molecule has 0 atom stereocenters. The standard InChI is InChI=1S/C15H22N2OS/c18-15(17-13-8-9-13)7-4-10-16-11-12-19-14-5-2-1-3-6-14/h1-3,5-6,13,16H,4,7-12H2,(H,17,18). The van der Waals surface area contributed by atoms with Crippen molar-refractivity contribution in [3.63, 3.8) is 0 Å². The molecule has 0 bridgehead atoms. The summed E-state index contributed by atoms with van der Waals surface area (Å²) < 4.78 is 0. The van der Waals surface area contributed by atoms with Crippen molar-refractivity contribution in [2.75, 3.05) is 18.8 Å². The molecule has 19 heavy (non-hydrogen) atoms. The molecule has 0 unspecified atom stereocenters. The van der Waals surface area contributed by atoms with Crippen molar-refractivity contribution in [2.45, 2.75) is 36.6 Å². The lowest BCUT2D eigenvalue weighted by molar-refractivity contribution is -0.121. The van der Waals surface area contributed by atoms with Crippen molar-refractivity contribution >= 4 is 17.7 Å². The van der Waals surface area contributed by atoms with Gasteiger partial charge in [-0.15, -0.1) is 11.8 Å². The van der Waals surface area contributed by atoms with Gasteiger partial charge in [-0.05, 0) is 37.9 Å². The molecule has 0 saturated heterocycles. The van der Waals surface area contributed by atoms with E-state index in [9.17, 15) is 4.79 Å². The fourth-order valence-corrected chi connectivity index (χ4v) is 2.62. The predicted molar refractivity (Wildman–Crippen MR) is 80.4 cm³/mol. The molecule has 2 N–H and O–H groups in total. The molecular weight excluding hydrogens is 256 g/mol. The molecule has 1 aromatic rings. The van der Waals surface area contributed by atoms with E-state index in [-0.39, 0.29) is 5.91 Å². The third-order valence-electron chi connectivity index (χ3n) is 2.99. The van der Waals surface area contributed by atoms with E-state index in [2.05, 4.69) is 34.9 Å². The van der Waals surface area contributed by atoms with E-state index in [1.807, 2.05) is 17.8 Å². The number of hydrogen-bond acceptors (Lipinski definition) is 3. The molecule has 2 rings (SSSR count). The zero-order valence-electron chi connectivity index (χ0n) is 11.2. The quantitative estimate of drug-likeness (QED) is 0.538. The zero-order chi connectivity index (χ0) is 13.3. The molecule has 1 aromatic carbocycles. The van der Waals surface area contributed by atoms with E-state index in [1.165, 1.54) is 17.7 Å². The fourth-order valence-electron chi connectivity index (χ4n) is 1.78. The molecule has 1 amide bonds. The summed E-state index contributed by atoms with van der Waals surface area (Å²) >= 11 is 1.86. The van der Waals surface area contributed by atoms with Crippen LogP contribution in [0.1, 0.15) is 25.7 Å². The first-order chi connectivity index (χ1) is 9.34. The van der Waals surface area contributed by atoms with Crippen LogP contribution in [-0.4, -0.2) is 30.8 Å². The number of hydrogen-bond donors (Lipinski definition) is 2. The predicted octanol–water partition coefficient (Wildman–Crippen LogP) is 2.43.